The van der Waals surface area contributed by atoms with Crippen LogP contribution in [0.3, 0.4) is 0 Å². The second-order valence-corrected chi connectivity index (χ2v) is 7.30. The highest BCUT2D eigenvalue weighted by molar-refractivity contribution is 6.22. The number of carbonyl (C=O) groups is 4. The van der Waals surface area contributed by atoms with Gasteiger partial charge in [-0.15, -0.1) is 0 Å². The molecule has 0 saturated carbocycles. The maximum atomic E-state index is 12.7. The first-order chi connectivity index (χ1) is 13.9. The predicted octanol–water partition coefficient (Wildman–Crippen LogP) is 2.59. The van der Waals surface area contributed by atoms with Gasteiger partial charge in [0.2, 0.25) is 0 Å². The lowest BCUT2D eigenvalue weighted by Crippen LogP contribution is -2.50. The van der Waals surface area contributed by atoms with Gasteiger partial charge in [0.15, 0.2) is 0 Å². The van der Waals surface area contributed by atoms with Gasteiger partial charge in [0.1, 0.15) is 0 Å². The van der Waals surface area contributed by atoms with Gasteiger partial charge < -0.3 is 0 Å². The fourth-order valence-corrected chi connectivity index (χ4v) is 3.68. The summed E-state index contributed by atoms with van der Waals surface area (Å²) in [4.78, 5) is 55.1. The molecule has 0 spiro atoms. The van der Waals surface area contributed by atoms with E-state index in [9.17, 15) is 19.2 Å². The highest BCUT2D eigenvalue weighted by Crippen LogP contribution is 2.26. The van der Waals surface area contributed by atoms with E-state index in [2.05, 4.69) is 0 Å². The zero-order valence-electron chi connectivity index (χ0n) is 16.3. The normalized spacial score (nSPS) is 16.7. The van der Waals surface area contributed by atoms with Crippen LogP contribution in [0.1, 0.15) is 61.7 Å². The number of nitrogens with zero attached hydrogens (tertiary/aromatic N) is 3. The quantitative estimate of drug-likeness (QED) is 0.708. The molecule has 2 aliphatic rings. The average molecular weight is 391 g/mol. The van der Waals surface area contributed by atoms with Gasteiger partial charge in [0.05, 0.1) is 35.6 Å². The lowest BCUT2D eigenvalue weighted by Gasteiger charge is -2.33. The van der Waals surface area contributed by atoms with Crippen molar-refractivity contribution in [3.63, 3.8) is 0 Å². The van der Waals surface area contributed by atoms with E-state index in [1.54, 1.807) is 48.5 Å². The molecule has 0 radical (unpaired) electrons. The summed E-state index contributed by atoms with van der Waals surface area (Å²) in [5.41, 5.74) is 1.51. The Hall–Kier alpha value is -3.32. The summed E-state index contributed by atoms with van der Waals surface area (Å²) in [6.07, 6.45) is 0.729. The van der Waals surface area contributed by atoms with Gasteiger partial charge in [-0.25, -0.2) is 0 Å². The van der Waals surface area contributed by atoms with Crippen LogP contribution in [0.15, 0.2) is 48.5 Å². The number of benzene rings is 2. The summed E-state index contributed by atoms with van der Waals surface area (Å²) in [6, 6.07) is 13.4. The molecule has 7 nitrogen and oxygen atoms in total. The number of carbonyl (C=O) groups excluding carboxylic acids is 4. The van der Waals surface area contributed by atoms with Gasteiger partial charge in [-0.3, -0.25) is 33.9 Å². The average Bonchev–Trinajstić information content (AvgIpc) is 3.13. The molecular weight excluding hydrogens is 370 g/mol. The van der Waals surface area contributed by atoms with E-state index in [1.165, 1.54) is 9.80 Å². The first-order valence-electron chi connectivity index (χ1n) is 9.58. The Morgan fingerprint density at radius 3 is 1.28 bits per heavy atom. The predicted molar refractivity (Wildman–Crippen MR) is 105 cm³/mol. The van der Waals surface area contributed by atoms with Gasteiger partial charge >= 0.3 is 0 Å². The molecule has 2 aromatic rings. The van der Waals surface area contributed by atoms with Crippen molar-refractivity contribution in [2.75, 3.05) is 13.3 Å². The van der Waals surface area contributed by atoms with Gasteiger partial charge in [-0.1, -0.05) is 31.2 Å². The van der Waals surface area contributed by atoms with Crippen LogP contribution in [0, 0.1) is 0 Å². The highest BCUT2D eigenvalue weighted by Gasteiger charge is 2.40. The lowest BCUT2D eigenvalue weighted by atomic mass is 10.1. The number of hydrogen-bond acceptors (Lipinski definition) is 5. The summed E-state index contributed by atoms with van der Waals surface area (Å²) >= 11 is 0. The largest absolute Gasteiger partial charge is 0.269 e. The fourth-order valence-electron chi connectivity index (χ4n) is 3.68. The third-order valence-electron chi connectivity index (χ3n) is 5.62. The van der Waals surface area contributed by atoms with Crippen LogP contribution in [0.25, 0.3) is 0 Å². The van der Waals surface area contributed by atoms with Crippen LogP contribution in [0.4, 0.5) is 0 Å². The third kappa shape index (κ3) is 3.03. The zero-order valence-corrected chi connectivity index (χ0v) is 16.3. The number of imide groups is 2. The van der Waals surface area contributed by atoms with Crippen LogP contribution in [0.2, 0.25) is 0 Å². The van der Waals surface area contributed by atoms with Crippen molar-refractivity contribution in [3.05, 3.63) is 70.8 Å². The summed E-state index contributed by atoms with van der Waals surface area (Å²) < 4.78 is 0. The van der Waals surface area contributed by atoms with E-state index in [4.69, 9.17) is 0 Å². The van der Waals surface area contributed by atoms with E-state index in [-0.39, 0.29) is 43.0 Å². The smallest absolute Gasteiger partial charge is 0.262 e. The standard InChI is InChI=1S/C22H21N3O4/c1-3-14(2)23(12-24-19(26)15-8-4-5-9-16(15)20(24)27)13-25-21(28)17-10-6-7-11-18(17)22(25)29/h4-11,14H,3,12-13H2,1-2H3. The van der Waals surface area contributed by atoms with Crippen LogP contribution in [-0.2, 0) is 0 Å². The molecule has 1 atom stereocenters. The van der Waals surface area contributed by atoms with E-state index >= 15 is 0 Å². The van der Waals surface area contributed by atoms with E-state index < -0.39 is 0 Å². The Morgan fingerprint density at radius 1 is 0.690 bits per heavy atom. The molecule has 0 N–H and O–H groups in total. The van der Waals surface area contributed by atoms with Gasteiger partial charge in [0.25, 0.3) is 23.6 Å². The first-order valence-corrected chi connectivity index (χ1v) is 9.58. The Bertz CT molecular complexity index is 885. The molecule has 2 aliphatic heterocycles. The van der Waals surface area contributed by atoms with Crippen molar-refractivity contribution in [2.45, 2.75) is 26.3 Å². The van der Waals surface area contributed by atoms with Gasteiger partial charge in [0, 0.05) is 6.04 Å². The van der Waals surface area contributed by atoms with E-state index in [1.807, 2.05) is 18.7 Å². The molecule has 4 rings (SSSR count). The molecule has 0 bridgehead atoms. The van der Waals surface area contributed by atoms with Crippen molar-refractivity contribution >= 4 is 23.6 Å². The second kappa shape index (κ2) is 7.25. The molecular formula is C22H21N3O4. The molecule has 0 saturated heterocycles. The minimum Gasteiger partial charge on any atom is -0.269 e. The number of hydrogen-bond donors (Lipinski definition) is 0. The Kier molecular flexibility index (Phi) is 4.76. The fraction of sp³-hybridized carbons (Fsp3) is 0.273. The lowest BCUT2D eigenvalue weighted by molar-refractivity contribution is 0.0308. The Labute approximate surface area is 168 Å². The molecule has 1 unspecified atom stereocenters. The maximum Gasteiger partial charge on any atom is 0.262 e. The molecule has 0 fully saturated rings. The summed E-state index contributed by atoms with van der Waals surface area (Å²) in [7, 11) is 0. The Morgan fingerprint density at radius 2 is 1.00 bits per heavy atom. The molecule has 2 aromatic carbocycles. The number of fused-ring (bicyclic) bond motifs is 2. The monoisotopic (exact) mass is 391 g/mol. The third-order valence-corrected chi connectivity index (χ3v) is 5.62. The minimum atomic E-state index is -0.360. The zero-order chi connectivity index (χ0) is 20.7. The molecule has 7 heteroatoms. The molecule has 29 heavy (non-hydrogen) atoms. The van der Waals surface area contributed by atoms with Crippen molar-refractivity contribution < 1.29 is 19.2 Å². The van der Waals surface area contributed by atoms with Crippen molar-refractivity contribution in [1.82, 2.24) is 14.7 Å². The van der Waals surface area contributed by atoms with Crippen LogP contribution < -0.4 is 0 Å². The second-order valence-electron chi connectivity index (χ2n) is 7.30. The summed E-state index contributed by atoms with van der Waals surface area (Å²) in [5, 5.41) is 0. The molecule has 4 amide bonds. The number of amides is 4. The highest BCUT2D eigenvalue weighted by atomic mass is 16.2. The molecule has 0 aromatic heterocycles. The van der Waals surface area contributed by atoms with E-state index in [0.29, 0.717) is 22.3 Å². The van der Waals surface area contributed by atoms with Gasteiger partial charge in [-0.05, 0) is 37.6 Å². The summed E-state index contributed by atoms with van der Waals surface area (Å²) in [6.45, 7) is 3.93. The van der Waals surface area contributed by atoms with Crippen molar-refractivity contribution in [1.29, 1.82) is 0 Å². The molecule has 0 aliphatic carbocycles. The van der Waals surface area contributed by atoms with Crippen molar-refractivity contribution in [3.8, 4) is 0 Å². The SMILES string of the molecule is CCC(C)N(CN1C(=O)c2ccccc2C1=O)CN1C(=O)c2ccccc2C1=O. The number of rotatable bonds is 6. The first kappa shape index (κ1) is 19.0. The van der Waals surface area contributed by atoms with E-state index in [0.717, 1.165) is 6.42 Å². The van der Waals surface area contributed by atoms with Crippen LogP contribution in [-0.4, -0.2) is 57.7 Å². The maximum absolute atomic E-state index is 12.7. The van der Waals surface area contributed by atoms with Crippen LogP contribution >= 0.6 is 0 Å². The topological polar surface area (TPSA) is 78.0 Å². The van der Waals surface area contributed by atoms with Crippen molar-refractivity contribution in [2.24, 2.45) is 0 Å². The summed E-state index contributed by atoms with van der Waals surface area (Å²) in [5.74, 6) is -1.44. The van der Waals surface area contributed by atoms with Gasteiger partial charge in [-0.2, -0.15) is 0 Å². The minimum absolute atomic E-state index is 0.00869. The molecule has 148 valence electrons. The van der Waals surface area contributed by atoms with Crippen LogP contribution in [0.5, 0.6) is 0 Å². The Balaban J connectivity index is 1.58. The molecule has 2 heterocycles.